The molecular weight excluding hydrogens is 577 g/mol. The minimum Gasteiger partial charge on any atom is -0.369 e. The van der Waals surface area contributed by atoms with Crippen molar-refractivity contribution >= 4 is 57.8 Å². The van der Waals surface area contributed by atoms with Gasteiger partial charge in [0.1, 0.15) is 10.7 Å². The molecule has 2 aliphatic rings. The molecule has 0 spiro atoms. The highest BCUT2D eigenvalue weighted by molar-refractivity contribution is 7.99. The summed E-state index contributed by atoms with van der Waals surface area (Å²) >= 11 is 9.27. The van der Waals surface area contributed by atoms with Crippen LogP contribution in [0.2, 0.25) is 5.02 Å². The van der Waals surface area contributed by atoms with E-state index in [0.717, 1.165) is 48.9 Å². The summed E-state index contributed by atoms with van der Waals surface area (Å²) in [5, 5.41) is 2.29. The molecule has 0 saturated carbocycles. The maximum absolute atomic E-state index is 14.1. The number of anilines is 2. The van der Waals surface area contributed by atoms with Gasteiger partial charge in [0.05, 0.1) is 12.2 Å². The van der Waals surface area contributed by atoms with Gasteiger partial charge in [-0.1, -0.05) is 47.6 Å². The molecule has 0 radical (unpaired) electrons. The van der Waals surface area contributed by atoms with Crippen LogP contribution < -0.4 is 9.80 Å². The Morgan fingerprint density at radius 1 is 0.927 bits per heavy atom. The highest BCUT2D eigenvalue weighted by atomic mass is 35.5. The van der Waals surface area contributed by atoms with Gasteiger partial charge in [0.15, 0.2) is 5.78 Å². The molecule has 0 aliphatic carbocycles. The summed E-state index contributed by atoms with van der Waals surface area (Å²) in [6.07, 6.45) is 1.21. The largest absolute Gasteiger partial charge is 0.369 e. The average molecular weight is 606 g/mol. The van der Waals surface area contributed by atoms with E-state index in [9.17, 15) is 14.0 Å². The summed E-state index contributed by atoms with van der Waals surface area (Å²) in [7, 11) is 0. The van der Waals surface area contributed by atoms with Crippen LogP contribution in [0, 0.1) is 5.82 Å². The third-order valence-electron chi connectivity index (χ3n) is 7.57. The molecule has 210 valence electrons. The molecule has 1 amide bonds. The Hall–Kier alpha value is -3.17. The van der Waals surface area contributed by atoms with Crippen molar-refractivity contribution in [3.8, 4) is 0 Å². The third-order valence-corrected chi connectivity index (χ3v) is 10.1. The quantitative estimate of drug-likeness (QED) is 0.193. The van der Waals surface area contributed by atoms with Crippen molar-refractivity contribution in [2.75, 3.05) is 42.5 Å². The SMILES string of the molecule is O=C(CCCN1CCN(c2ccccc2)CC1)c1ccc2c(c1)N(Cc1cc(F)ccc1Cl)C(=O)c1sccc1S2. The van der Waals surface area contributed by atoms with Crippen molar-refractivity contribution in [1.82, 2.24) is 4.90 Å². The lowest BCUT2D eigenvalue weighted by Crippen LogP contribution is -2.46. The van der Waals surface area contributed by atoms with Gasteiger partial charge in [-0.15, -0.1) is 11.3 Å². The van der Waals surface area contributed by atoms with E-state index in [1.807, 2.05) is 35.7 Å². The number of ketones is 1. The fourth-order valence-corrected chi connectivity index (χ4v) is 7.57. The fourth-order valence-electron chi connectivity index (χ4n) is 5.34. The summed E-state index contributed by atoms with van der Waals surface area (Å²) in [6, 6.07) is 22.1. The maximum Gasteiger partial charge on any atom is 0.269 e. The Morgan fingerprint density at radius 3 is 2.54 bits per heavy atom. The molecule has 6 rings (SSSR count). The molecule has 1 fully saturated rings. The number of rotatable bonds is 8. The molecule has 5 nitrogen and oxygen atoms in total. The number of carbonyl (C=O) groups excluding carboxylic acids is 2. The predicted molar refractivity (Wildman–Crippen MR) is 165 cm³/mol. The van der Waals surface area contributed by atoms with E-state index in [1.54, 1.807) is 4.90 Å². The molecule has 41 heavy (non-hydrogen) atoms. The first kappa shape index (κ1) is 28.0. The van der Waals surface area contributed by atoms with Crippen molar-refractivity contribution in [2.45, 2.75) is 29.2 Å². The minimum absolute atomic E-state index is 0.0518. The summed E-state index contributed by atoms with van der Waals surface area (Å²) in [6.45, 7) is 4.88. The number of nitrogens with zero attached hydrogens (tertiary/aromatic N) is 3. The molecule has 4 aromatic rings. The Labute approximate surface area is 252 Å². The van der Waals surface area contributed by atoms with Gasteiger partial charge < -0.3 is 9.80 Å². The highest BCUT2D eigenvalue weighted by Crippen LogP contribution is 2.44. The lowest BCUT2D eigenvalue weighted by atomic mass is 10.0. The molecule has 1 aromatic heterocycles. The van der Waals surface area contributed by atoms with E-state index < -0.39 is 5.82 Å². The van der Waals surface area contributed by atoms with Crippen LogP contribution in [0.1, 0.15) is 38.4 Å². The number of hydrogen-bond donors (Lipinski definition) is 0. The second-order valence-electron chi connectivity index (χ2n) is 10.2. The van der Waals surface area contributed by atoms with E-state index in [1.165, 1.54) is 47.0 Å². The second-order valence-corrected chi connectivity index (χ2v) is 12.6. The number of piperazine rings is 1. The van der Waals surface area contributed by atoms with Gasteiger partial charge in [0.25, 0.3) is 5.91 Å². The molecule has 0 bridgehead atoms. The number of benzene rings is 3. The minimum atomic E-state index is -0.413. The van der Waals surface area contributed by atoms with Gasteiger partial charge in [-0.2, -0.15) is 0 Å². The van der Waals surface area contributed by atoms with Crippen LogP contribution in [-0.2, 0) is 6.54 Å². The molecule has 0 atom stereocenters. The van der Waals surface area contributed by atoms with Crippen LogP contribution in [0.15, 0.2) is 88.0 Å². The highest BCUT2D eigenvalue weighted by Gasteiger charge is 2.30. The number of fused-ring (bicyclic) bond motifs is 2. The van der Waals surface area contributed by atoms with Crippen LogP contribution in [0.4, 0.5) is 15.8 Å². The van der Waals surface area contributed by atoms with Crippen molar-refractivity contribution in [3.63, 3.8) is 0 Å². The van der Waals surface area contributed by atoms with Crippen LogP contribution in [-0.4, -0.2) is 49.3 Å². The van der Waals surface area contributed by atoms with E-state index in [0.29, 0.717) is 33.1 Å². The number of amides is 1. The van der Waals surface area contributed by atoms with E-state index in [2.05, 4.69) is 34.1 Å². The van der Waals surface area contributed by atoms with Crippen LogP contribution in [0.3, 0.4) is 0 Å². The number of Topliss-reactive ketones (excluding diaryl/α,β-unsaturated/α-hetero) is 1. The Kier molecular flexibility index (Phi) is 8.44. The van der Waals surface area contributed by atoms with Gasteiger partial charge in [0, 0.05) is 58.7 Å². The number of thiophene rings is 1. The molecule has 2 aliphatic heterocycles. The van der Waals surface area contributed by atoms with Crippen molar-refractivity contribution in [3.05, 3.63) is 105 Å². The predicted octanol–water partition coefficient (Wildman–Crippen LogP) is 7.64. The van der Waals surface area contributed by atoms with Gasteiger partial charge in [0.2, 0.25) is 0 Å². The maximum atomic E-state index is 14.1. The van der Waals surface area contributed by atoms with E-state index in [-0.39, 0.29) is 18.2 Å². The topological polar surface area (TPSA) is 43.9 Å². The van der Waals surface area contributed by atoms with Gasteiger partial charge in [-0.25, -0.2) is 4.39 Å². The zero-order valence-corrected chi connectivity index (χ0v) is 24.8. The number of para-hydroxylation sites is 1. The van der Waals surface area contributed by atoms with Crippen LogP contribution in [0.25, 0.3) is 0 Å². The molecule has 1 saturated heterocycles. The van der Waals surface area contributed by atoms with Crippen molar-refractivity contribution < 1.29 is 14.0 Å². The summed E-state index contributed by atoms with van der Waals surface area (Å²) in [5.41, 5.74) is 2.99. The van der Waals surface area contributed by atoms with Gasteiger partial charge in [-0.3, -0.25) is 14.5 Å². The van der Waals surface area contributed by atoms with Crippen molar-refractivity contribution in [1.29, 1.82) is 0 Å². The van der Waals surface area contributed by atoms with Crippen LogP contribution in [0.5, 0.6) is 0 Å². The van der Waals surface area contributed by atoms with Gasteiger partial charge >= 0.3 is 0 Å². The Morgan fingerprint density at radius 2 is 1.73 bits per heavy atom. The first-order valence-corrected chi connectivity index (χ1v) is 15.7. The summed E-state index contributed by atoms with van der Waals surface area (Å²) in [4.78, 5) is 35.8. The lowest BCUT2D eigenvalue weighted by molar-refractivity contribution is 0.0967. The molecule has 0 unspecified atom stereocenters. The lowest BCUT2D eigenvalue weighted by Gasteiger charge is -2.36. The monoisotopic (exact) mass is 605 g/mol. The third kappa shape index (κ3) is 6.21. The average Bonchev–Trinajstić information content (AvgIpc) is 3.42. The molecule has 9 heteroatoms. The first-order chi connectivity index (χ1) is 20.0. The molecule has 0 N–H and O–H groups in total. The van der Waals surface area contributed by atoms with Gasteiger partial charge in [-0.05, 0) is 72.4 Å². The zero-order valence-electron chi connectivity index (χ0n) is 22.4. The number of halogens is 2. The second kappa shape index (κ2) is 12.4. The van der Waals surface area contributed by atoms with Crippen LogP contribution >= 0.6 is 34.7 Å². The summed E-state index contributed by atoms with van der Waals surface area (Å²) < 4.78 is 14.1. The zero-order chi connectivity index (χ0) is 28.3. The smallest absolute Gasteiger partial charge is 0.269 e. The molecular formula is C32H29ClFN3O2S2. The number of hydrogen-bond acceptors (Lipinski definition) is 6. The van der Waals surface area contributed by atoms with Crippen molar-refractivity contribution in [2.24, 2.45) is 0 Å². The standard InChI is InChI=1S/C32H29ClFN3O2S2/c33-26-10-9-24(34)19-23(26)21-37-27-20-22(8-11-29(27)41-30-12-18-40-31(30)32(37)39)28(38)7-4-13-35-14-16-36(17-15-35)25-5-2-1-3-6-25/h1-3,5-6,8-12,18-20H,4,7,13-17,21H2. The normalized spacial score (nSPS) is 15.4. The van der Waals surface area contributed by atoms with E-state index >= 15 is 0 Å². The Balaban J connectivity index is 1.14. The first-order valence-electron chi connectivity index (χ1n) is 13.7. The number of carbonyl (C=O) groups is 2. The fraction of sp³-hybridized carbons (Fsp3) is 0.250. The molecule has 3 heterocycles. The van der Waals surface area contributed by atoms with E-state index in [4.69, 9.17) is 11.6 Å². The summed E-state index contributed by atoms with van der Waals surface area (Å²) in [5.74, 6) is -0.541. The Bertz CT molecular complexity index is 1570. The molecule has 3 aromatic carbocycles.